The van der Waals surface area contributed by atoms with Crippen molar-refractivity contribution >= 4 is 47.8 Å². The molecule has 0 saturated heterocycles. The fourth-order valence-electron chi connectivity index (χ4n) is 3.98. The maximum atomic E-state index is 12.1. The first-order valence-electron chi connectivity index (χ1n) is 22.4. The topological polar surface area (TPSA) is 261 Å². The van der Waals surface area contributed by atoms with Crippen LogP contribution in [0.15, 0.2) is 23.8 Å². The molecule has 64 heavy (non-hydrogen) atoms. The predicted octanol–water partition coefficient (Wildman–Crippen LogP) is 4.43. The number of carboxylic acids is 1. The molecule has 0 aromatic carbocycles. The largest absolute Gasteiger partial charge is 0.483 e. The Morgan fingerprint density at radius 3 is 1.66 bits per heavy atom. The standard InChI is InChI=1S/C21H41N5O4S.C8H14.C5H14N2O.C5H13N.C3H6O2.C2H6.CH2O2.Lu/c1-5-23-14-18(27)24-11-8-6-7-9-12-25-19(28)15-31-13-10-17(20(22)29)26(4)21(30)16(2)3;1-4-5-6-7-8(2)3;1-7(3-2-6)4-5-8;1-4-6(3)5-2;1-2-3(4)5;1-2;2-1-3;/h16-17,23H,5-15H2,1-4H3,(H2,22,29)(H,24,27)(H,25,28);5-7H,4H2,1-3H3;8H,2-6H2,1H3;4-5H2,1-3H3;2H2,1H3,(H,4,5);1-2H3;1H,(H,2,3);/b;6-5-;;;;;;. The fourth-order valence-corrected chi connectivity index (χ4v) is 4.80. The van der Waals surface area contributed by atoms with E-state index in [4.69, 9.17) is 31.6 Å². The number of amides is 4. The first-order valence-corrected chi connectivity index (χ1v) is 23.6. The summed E-state index contributed by atoms with van der Waals surface area (Å²) in [5.74, 6) is -0.741. The normalized spacial score (nSPS) is 10.0. The van der Waals surface area contributed by atoms with Crippen molar-refractivity contribution < 1.29 is 81.0 Å². The van der Waals surface area contributed by atoms with Gasteiger partial charge in [0, 0.05) is 89.0 Å². The van der Waals surface area contributed by atoms with Crippen molar-refractivity contribution in [3.63, 3.8) is 0 Å². The molecule has 4 amide bonds. The fraction of sp³-hybridized carbons (Fsp3) is 0.778. The Bertz CT molecular complexity index is 1110. The monoisotopic (exact) mass is 1100 g/mol. The van der Waals surface area contributed by atoms with Crippen LogP contribution in [-0.4, -0.2) is 170 Å². The second-order valence-electron chi connectivity index (χ2n) is 14.0. The number of nitrogens with one attached hydrogen (secondary N) is 3. The van der Waals surface area contributed by atoms with Crippen LogP contribution >= 0.6 is 11.8 Å². The number of aliphatic hydroxyl groups is 1. The van der Waals surface area contributed by atoms with Crippen LogP contribution in [0.5, 0.6) is 0 Å². The first kappa shape index (κ1) is 78.8. The molecule has 0 aromatic rings. The minimum Gasteiger partial charge on any atom is -0.483 e. The number of carbonyl (C=O) groups excluding carboxylic acids is 4. The predicted molar refractivity (Wildman–Crippen MR) is 265 cm³/mol. The van der Waals surface area contributed by atoms with Crippen LogP contribution in [-0.2, 0) is 28.8 Å². The Labute approximate surface area is 423 Å². The molecule has 0 spiro atoms. The smallest absolute Gasteiger partial charge is 0.303 e. The molecule has 0 bridgehead atoms. The van der Waals surface area contributed by atoms with E-state index in [1.807, 2.05) is 32.7 Å². The third-order valence-corrected chi connectivity index (χ3v) is 8.86. The van der Waals surface area contributed by atoms with E-state index in [1.165, 1.54) is 22.2 Å². The molecule has 1 unspecified atom stereocenters. The number of nitrogens with two attached hydrogens (primary N) is 2. The van der Waals surface area contributed by atoms with Gasteiger partial charge in [-0.1, -0.05) is 99.0 Å². The molecule has 0 aromatic heterocycles. The summed E-state index contributed by atoms with van der Waals surface area (Å²) in [5, 5.41) is 31.7. The van der Waals surface area contributed by atoms with Crippen molar-refractivity contribution in [2.75, 3.05) is 98.2 Å². The van der Waals surface area contributed by atoms with Crippen molar-refractivity contribution in [1.29, 1.82) is 0 Å². The maximum Gasteiger partial charge on any atom is 0.303 e. The molecule has 1 atom stereocenters. The molecule has 17 nitrogen and oxygen atoms in total. The molecule has 0 rings (SSSR count). The van der Waals surface area contributed by atoms with Gasteiger partial charge in [0.15, 0.2) is 0 Å². The molecule has 19 heteroatoms. The Balaban J connectivity index is -0.000000127. The van der Waals surface area contributed by atoms with Crippen molar-refractivity contribution in [1.82, 2.24) is 30.7 Å². The summed E-state index contributed by atoms with van der Waals surface area (Å²) < 4.78 is 0. The number of primary amides is 1. The number of thioether (sulfide) groups is 1. The summed E-state index contributed by atoms with van der Waals surface area (Å²) in [6.45, 7) is 28.7. The summed E-state index contributed by atoms with van der Waals surface area (Å²) >= 11 is 1.42. The number of carboxylic acid groups (broad SMARTS) is 2. The minimum absolute atomic E-state index is 0. The Morgan fingerprint density at radius 1 is 0.828 bits per heavy atom. The van der Waals surface area contributed by atoms with Crippen LogP contribution < -0.4 is 27.4 Å². The molecule has 0 heterocycles. The van der Waals surface area contributed by atoms with Gasteiger partial charge in [-0.2, -0.15) is 11.8 Å². The summed E-state index contributed by atoms with van der Waals surface area (Å²) in [7, 11) is 5.63. The van der Waals surface area contributed by atoms with E-state index in [1.54, 1.807) is 27.8 Å². The van der Waals surface area contributed by atoms with E-state index in [2.05, 4.69) is 80.7 Å². The van der Waals surface area contributed by atoms with Crippen LogP contribution in [0, 0.1) is 42.8 Å². The number of nitrogens with zero attached hydrogens (tertiary/aromatic N) is 3. The number of likely N-dealkylation sites (N-methyl/N-ethyl adjacent to an activating group) is 3. The van der Waals surface area contributed by atoms with Gasteiger partial charge in [0.1, 0.15) is 6.04 Å². The molecule has 0 aliphatic rings. The summed E-state index contributed by atoms with van der Waals surface area (Å²) in [4.78, 5) is 70.4. The molecule has 0 saturated carbocycles. The number of carbonyl (C=O) groups is 6. The van der Waals surface area contributed by atoms with Crippen molar-refractivity contribution in [3.8, 4) is 0 Å². The zero-order chi connectivity index (χ0) is 50.4. The SMILES string of the molecule is CC.CC/C=C\C=C(C)C.CCC(=O)O.CCN(C)CC.CCNCC(=O)NCCCCCCNC(=O)CSCCC(C(N)=O)N(C)C(=O)C(C)C.CN(CCN)CCO.O=CO.[Lu]. The summed E-state index contributed by atoms with van der Waals surface area (Å²) in [5.41, 5.74) is 12.0. The third-order valence-electron chi connectivity index (χ3n) is 7.87. The van der Waals surface area contributed by atoms with Gasteiger partial charge >= 0.3 is 5.97 Å². The second-order valence-corrected chi connectivity index (χ2v) is 15.1. The van der Waals surface area contributed by atoms with E-state index in [9.17, 15) is 24.0 Å². The molecule has 10 N–H and O–H groups in total. The van der Waals surface area contributed by atoms with E-state index >= 15 is 0 Å². The molecular formula is C45H96LuN8O9S. The minimum atomic E-state index is -0.745. The van der Waals surface area contributed by atoms with Crippen LogP contribution in [0.2, 0.25) is 0 Å². The van der Waals surface area contributed by atoms with Crippen molar-refractivity contribution in [3.05, 3.63) is 23.8 Å². The average molecular weight is 1100 g/mol. The van der Waals surface area contributed by atoms with Crippen molar-refractivity contribution in [2.45, 2.75) is 127 Å². The van der Waals surface area contributed by atoms with E-state index < -0.39 is 17.9 Å². The number of unbranched alkanes of at least 4 members (excludes halogenated alkanes) is 3. The van der Waals surface area contributed by atoms with Crippen LogP contribution in [0.4, 0.5) is 0 Å². The van der Waals surface area contributed by atoms with E-state index in [-0.39, 0.29) is 80.0 Å². The number of hydrogen-bond donors (Lipinski definition) is 8. The number of hydrogen-bond acceptors (Lipinski definition) is 12. The average Bonchev–Trinajstić information content (AvgIpc) is 3.24. The van der Waals surface area contributed by atoms with Gasteiger partial charge in [0.2, 0.25) is 23.6 Å². The molecular weight excluding hydrogens is 1000 g/mol. The van der Waals surface area contributed by atoms with Gasteiger partial charge in [-0.25, -0.2) is 0 Å². The Kier molecular flexibility index (Phi) is 80.0. The molecule has 0 fully saturated rings. The Morgan fingerprint density at radius 2 is 1.31 bits per heavy atom. The van der Waals surface area contributed by atoms with Gasteiger partial charge in [-0.05, 0) is 79.0 Å². The molecule has 0 aliphatic carbocycles. The zero-order valence-corrected chi connectivity index (χ0v) is 44.8. The Hall–Kier alpha value is -2.32. The number of allylic oxidation sites excluding steroid dienone is 4. The van der Waals surface area contributed by atoms with Crippen LogP contribution in [0.1, 0.15) is 121 Å². The van der Waals surface area contributed by atoms with E-state index in [0.717, 1.165) is 64.8 Å². The van der Waals surface area contributed by atoms with Crippen LogP contribution in [0.25, 0.3) is 0 Å². The van der Waals surface area contributed by atoms with Gasteiger partial charge in [0.05, 0.1) is 18.9 Å². The molecule has 391 valence electrons. The number of aliphatic carboxylic acids is 1. The first-order chi connectivity index (χ1) is 29.8. The zero-order valence-electron chi connectivity index (χ0n) is 42.4. The van der Waals surface area contributed by atoms with Gasteiger partial charge < -0.3 is 57.4 Å². The quantitative estimate of drug-likeness (QED) is 0.0322. The maximum absolute atomic E-state index is 12.1. The molecule has 0 aliphatic heterocycles. The van der Waals surface area contributed by atoms with Crippen molar-refractivity contribution in [2.24, 2.45) is 17.4 Å². The van der Waals surface area contributed by atoms with Gasteiger partial charge in [0.25, 0.3) is 6.47 Å². The van der Waals surface area contributed by atoms with Crippen LogP contribution in [0.3, 0.4) is 0 Å². The number of rotatable bonds is 27. The summed E-state index contributed by atoms with van der Waals surface area (Å²) in [6, 6.07) is -0.654. The molecule has 1 radical (unpaired) electrons. The van der Waals surface area contributed by atoms with Gasteiger partial charge in [-0.15, -0.1) is 0 Å². The number of aliphatic hydroxyl groups excluding tert-OH is 1. The second kappa shape index (κ2) is 65.0. The third kappa shape index (κ3) is 74.1. The summed E-state index contributed by atoms with van der Waals surface area (Å²) in [6.07, 6.45) is 11.9. The van der Waals surface area contributed by atoms with E-state index in [0.29, 0.717) is 44.1 Å². The van der Waals surface area contributed by atoms with Gasteiger partial charge in [-0.3, -0.25) is 28.8 Å².